The van der Waals surface area contributed by atoms with Gasteiger partial charge in [0.2, 0.25) is 0 Å². The molecule has 2 rings (SSSR count). The lowest BCUT2D eigenvalue weighted by atomic mass is 10.1. The molecule has 0 aromatic rings. The predicted octanol–water partition coefficient (Wildman–Crippen LogP) is 0.695. The lowest BCUT2D eigenvalue weighted by molar-refractivity contribution is 0.107. The maximum Gasteiger partial charge on any atom is 0.409 e. The first kappa shape index (κ1) is 14.9. The number of piperidine rings is 1. The van der Waals surface area contributed by atoms with Crippen LogP contribution in [-0.2, 0) is 9.47 Å². The molecule has 3 amide bonds. The van der Waals surface area contributed by atoms with E-state index in [1.807, 2.05) is 0 Å². The standard InChI is InChI=1S/C13H23N3O4/c1-19-13(18)16-6-4-10(5-7-16)15-12(17)14-9-11-3-2-8-20-11/h10-11H,2-9H2,1H3,(H2,14,15,17)/t11-/m0/s1. The Labute approximate surface area is 119 Å². The molecule has 20 heavy (non-hydrogen) atoms. The molecule has 114 valence electrons. The third kappa shape index (κ3) is 4.26. The number of urea groups is 1. The van der Waals surface area contributed by atoms with Crippen molar-refractivity contribution in [3.63, 3.8) is 0 Å². The number of methoxy groups -OCH3 is 1. The molecule has 7 nitrogen and oxygen atoms in total. The number of amides is 3. The summed E-state index contributed by atoms with van der Waals surface area (Å²) in [5, 5.41) is 5.77. The van der Waals surface area contributed by atoms with Crippen molar-refractivity contribution in [3.05, 3.63) is 0 Å². The number of likely N-dealkylation sites (tertiary alicyclic amines) is 1. The molecule has 0 bridgehead atoms. The van der Waals surface area contributed by atoms with Crippen LogP contribution in [0.15, 0.2) is 0 Å². The van der Waals surface area contributed by atoms with Crippen molar-refractivity contribution < 1.29 is 19.1 Å². The normalized spacial score (nSPS) is 23.4. The van der Waals surface area contributed by atoms with Crippen LogP contribution in [0, 0.1) is 0 Å². The highest BCUT2D eigenvalue weighted by Gasteiger charge is 2.24. The van der Waals surface area contributed by atoms with E-state index in [-0.39, 0.29) is 24.3 Å². The number of nitrogens with one attached hydrogen (secondary N) is 2. The molecule has 2 aliphatic rings. The third-order valence-electron chi connectivity index (χ3n) is 3.78. The molecule has 2 heterocycles. The minimum Gasteiger partial charge on any atom is -0.453 e. The van der Waals surface area contributed by atoms with Crippen LogP contribution in [0.25, 0.3) is 0 Å². The fraction of sp³-hybridized carbons (Fsp3) is 0.846. The molecule has 0 aromatic carbocycles. The van der Waals surface area contributed by atoms with Crippen molar-refractivity contribution >= 4 is 12.1 Å². The number of ether oxygens (including phenoxy) is 2. The molecule has 0 spiro atoms. The fourth-order valence-corrected chi connectivity index (χ4v) is 2.58. The molecule has 0 saturated carbocycles. The van der Waals surface area contributed by atoms with Gasteiger partial charge in [-0.3, -0.25) is 0 Å². The summed E-state index contributed by atoms with van der Waals surface area (Å²) in [6, 6.07) is -0.0441. The van der Waals surface area contributed by atoms with Crippen LogP contribution in [0.3, 0.4) is 0 Å². The van der Waals surface area contributed by atoms with Crippen LogP contribution >= 0.6 is 0 Å². The molecule has 2 N–H and O–H groups in total. The second-order valence-corrected chi connectivity index (χ2v) is 5.22. The second-order valence-electron chi connectivity index (χ2n) is 5.22. The Balaban J connectivity index is 1.62. The first-order valence-electron chi connectivity index (χ1n) is 7.18. The van der Waals surface area contributed by atoms with Crippen molar-refractivity contribution in [2.75, 3.05) is 33.4 Å². The van der Waals surface area contributed by atoms with Gasteiger partial charge in [-0.2, -0.15) is 0 Å². The maximum absolute atomic E-state index is 11.8. The summed E-state index contributed by atoms with van der Waals surface area (Å²) < 4.78 is 10.1. The van der Waals surface area contributed by atoms with Gasteiger partial charge in [-0.15, -0.1) is 0 Å². The monoisotopic (exact) mass is 285 g/mol. The van der Waals surface area contributed by atoms with E-state index in [1.54, 1.807) is 4.90 Å². The number of hydrogen-bond acceptors (Lipinski definition) is 4. The van der Waals surface area contributed by atoms with E-state index in [9.17, 15) is 9.59 Å². The molecule has 1 atom stereocenters. The fourth-order valence-electron chi connectivity index (χ4n) is 2.58. The molecular formula is C13H23N3O4. The zero-order chi connectivity index (χ0) is 14.4. The van der Waals surface area contributed by atoms with E-state index in [0.29, 0.717) is 19.6 Å². The van der Waals surface area contributed by atoms with Crippen molar-refractivity contribution in [1.29, 1.82) is 0 Å². The molecule has 0 unspecified atom stereocenters. The molecule has 0 aromatic heterocycles. The Kier molecular flexibility index (Phi) is 5.46. The summed E-state index contributed by atoms with van der Waals surface area (Å²) in [4.78, 5) is 24.7. The molecule has 2 aliphatic heterocycles. The Morgan fingerprint density at radius 1 is 1.30 bits per heavy atom. The van der Waals surface area contributed by atoms with Gasteiger partial charge >= 0.3 is 12.1 Å². The molecule has 2 saturated heterocycles. The number of nitrogens with zero attached hydrogens (tertiary/aromatic N) is 1. The summed E-state index contributed by atoms with van der Waals surface area (Å²) in [5.41, 5.74) is 0. The number of hydrogen-bond donors (Lipinski definition) is 2. The Morgan fingerprint density at radius 3 is 2.65 bits per heavy atom. The summed E-state index contributed by atoms with van der Waals surface area (Å²) in [6.45, 7) is 2.58. The van der Waals surface area contributed by atoms with Gasteiger partial charge in [0.1, 0.15) is 0 Å². The van der Waals surface area contributed by atoms with Crippen LogP contribution in [-0.4, -0.2) is 62.5 Å². The van der Waals surface area contributed by atoms with Gasteiger partial charge in [-0.05, 0) is 25.7 Å². The van der Waals surface area contributed by atoms with Gasteiger partial charge in [0.15, 0.2) is 0 Å². The Bertz CT molecular complexity index is 337. The first-order valence-corrected chi connectivity index (χ1v) is 7.18. The molecular weight excluding hydrogens is 262 g/mol. The third-order valence-corrected chi connectivity index (χ3v) is 3.78. The molecule has 0 radical (unpaired) electrons. The minimum absolute atomic E-state index is 0.111. The van der Waals surface area contributed by atoms with E-state index >= 15 is 0 Å². The van der Waals surface area contributed by atoms with Crippen molar-refractivity contribution in [2.24, 2.45) is 0 Å². The van der Waals surface area contributed by atoms with Crippen molar-refractivity contribution in [3.8, 4) is 0 Å². The van der Waals surface area contributed by atoms with E-state index in [4.69, 9.17) is 4.74 Å². The van der Waals surface area contributed by atoms with Crippen molar-refractivity contribution in [1.82, 2.24) is 15.5 Å². The van der Waals surface area contributed by atoms with Gasteiger partial charge in [-0.25, -0.2) is 9.59 Å². The van der Waals surface area contributed by atoms with E-state index < -0.39 is 0 Å². The van der Waals surface area contributed by atoms with Crippen LogP contribution < -0.4 is 10.6 Å². The average molecular weight is 285 g/mol. The van der Waals surface area contributed by atoms with Crippen LogP contribution in [0.1, 0.15) is 25.7 Å². The van der Waals surface area contributed by atoms with Crippen molar-refractivity contribution in [2.45, 2.75) is 37.8 Å². The minimum atomic E-state index is -0.300. The number of rotatable bonds is 3. The Hall–Kier alpha value is -1.50. The zero-order valence-corrected chi connectivity index (χ0v) is 11.9. The van der Waals surface area contributed by atoms with Gasteiger partial charge in [0.25, 0.3) is 0 Å². The lowest BCUT2D eigenvalue weighted by Crippen LogP contribution is -2.50. The van der Waals surface area contributed by atoms with Gasteiger partial charge < -0.3 is 25.0 Å². The second kappa shape index (κ2) is 7.33. The highest BCUT2D eigenvalue weighted by molar-refractivity contribution is 5.74. The molecule has 2 fully saturated rings. The van der Waals surface area contributed by atoms with E-state index in [0.717, 1.165) is 32.3 Å². The lowest BCUT2D eigenvalue weighted by Gasteiger charge is -2.31. The van der Waals surface area contributed by atoms with Gasteiger partial charge in [0.05, 0.1) is 13.2 Å². The quantitative estimate of drug-likeness (QED) is 0.800. The highest BCUT2D eigenvalue weighted by atomic mass is 16.5. The van der Waals surface area contributed by atoms with Crippen LogP contribution in [0.5, 0.6) is 0 Å². The Morgan fingerprint density at radius 2 is 2.05 bits per heavy atom. The van der Waals surface area contributed by atoms with E-state index in [1.165, 1.54) is 7.11 Å². The van der Waals surface area contributed by atoms with Crippen LogP contribution in [0.2, 0.25) is 0 Å². The first-order chi connectivity index (χ1) is 9.69. The topological polar surface area (TPSA) is 79.9 Å². The van der Waals surface area contributed by atoms with E-state index in [2.05, 4.69) is 15.4 Å². The van der Waals surface area contributed by atoms with Crippen LogP contribution in [0.4, 0.5) is 9.59 Å². The summed E-state index contributed by atoms with van der Waals surface area (Å²) in [7, 11) is 1.38. The van der Waals surface area contributed by atoms with Gasteiger partial charge in [0, 0.05) is 32.3 Å². The predicted molar refractivity (Wildman–Crippen MR) is 72.5 cm³/mol. The SMILES string of the molecule is COC(=O)N1CCC(NC(=O)NC[C@@H]2CCCO2)CC1. The smallest absolute Gasteiger partial charge is 0.409 e. The largest absolute Gasteiger partial charge is 0.453 e. The average Bonchev–Trinajstić information content (AvgIpc) is 2.98. The summed E-state index contributed by atoms with van der Waals surface area (Å²) in [5.74, 6) is 0. The number of carbonyl (C=O) groups is 2. The summed E-state index contributed by atoms with van der Waals surface area (Å²) in [6.07, 6.45) is 3.44. The number of carbonyl (C=O) groups excluding carboxylic acids is 2. The van der Waals surface area contributed by atoms with Gasteiger partial charge in [-0.1, -0.05) is 0 Å². The highest BCUT2D eigenvalue weighted by Crippen LogP contribution is 2.12. The summed E-state index contributed by atoms with van der Waals surface area (Å²) >= 11 is 0. The zero-order valence-electron chi connectivity index (χ0n) is 11.9. The molecule has 7 heteroatoms. The maximum atomic E-state index is 11.8. The molecule has 0 aliphatic carbocycles.